The fourth-order valence-corrected chi connectivity index (χ4v) is 2.33. The molecule has 1 aromatic rings. The lowest BCUT2D eigenvalue weighted by molar-refractivity contribution is -0.137. The average Bonchev–Trinajstić information content (AvgIpc) is 2.38. The third-order valence-electron chi connectivity index (χ3n) is 2.75. The van der Waals surface area contributed by atoms with Crippen LogP contribution in [0.2, 0.25) is 0 Å². The van der Waals surface area contributed by atoms with Crippen LogP contribution in [-0.4, -0.2) is 34.2 Å². The molecule has 6 nitrogen and oxygen atoms in total. The molecular formula is C13H19ClF3N3O3S. The Morgan fingerprint density at radius 3 is 2.33 bits per heavy atom. The number of amides is 1. The summed E-state index contributed by atoms with van der Waals surface area (Å²) in [5.41, 5.74) is -1.34. The summed E-state index contributed by atoms with van der Waals surface area (Å²) in [4.78, 5) is 11.8. The van der Waals surface area contributed by atoms with Gasteiger partial charge in [-0.1, -0.05) is 0 Å². The van der Waals surface area contributed by atoms with Gasteiger partial charge in [-0.2, -0.15) is 13.2 Å². The fraction of sp³-hybridized carbons (Fsp3) is 0.462. The standard InChI is InChI=1S/C13H18F3N3O3S.ClH/c1-17-7-3-4-12(20)18-11-8-9(13(14,15)16)5-6-10(11)19-23(2,21)22;/h5-6,8,17,19H,3-4,7H2,1-2H3,(H,18,20);1H. The Morgan fingerprint density at radius 1 is 1.21 bits per heavy atom. The van der Waals surface area contributed by atoms with Crippen LogP contribution in [0.4, 0.5) is 24.5 Å². The monoisotopic (exact) mass is 389 g/mol. The lowest BCUT2D eigenvalue weighted by Crippen LogP contribution is -2.18. The van der Waals surface area contributed by atoms with Crippen LogP contribution in [0.3, 0.4) is 0 Å². The molecular weight excluding hydrogens is 371 g/mol. The summed E-state index contributed by atoms with van der Waals surface area (Å²) < 4.78 is 62.9. The van der Waals surface area contributed by atoms with Gasteiger partial charge in [-0.05, 0) is 38.2 Å². The minimum Gasteiger partial charge on any atom is -0.324 e. The molecule has 0 saturated heterocycles. The van der Waals surface area contributed by atoms with Gasteiger partial charge in [-0.3, -0.25) is 9.52 Å². The van der Waals surface area contributed by atoms with Crippen LogP contribution in [0.5, 0.6) is 0 Å². The number of hydrogen-bond acceptors (Lipinski definition) is 4. The number of halogens is 4. The van der Waals surface area contributed by atoms with Gasteiger partial charge < -0.3 is 10.6 Å². The number of alkyl halides is 3. The number of carbonyl (C=O) groups is 1. The molecule has 0 aliphatic carbocycles. The molecule has 1 rings (SSSR count). The van der Waals surface area contributed by atoms with Crippen LogP contribution < -0.4 is 15.4 Å². The number of hydrogen-bond donors (Lipinski definition) is 3. The minimum atomic E-state index is -4.60. The Labute approximate surface area is 144 Å². The summed E-state index contributed by atoms with van der Waals surface area (Å²) in [6, 6.07) is 2.40. The summed E-state index contributed by atoms with van der Waals surface area (Å²) >= 11 is 0. The van der Waals surface area contributed by atoms with E-state index in [-0.39, 0.29) is 30.2 Å². The van der Waals surface area contributed by atoms with Gasteiger partial charge in [0.2, 0.25) is 15.9 Å². The molecule has 0 fully saturated rings. The molecule has 0 heterocycles. The van der Waals surface area contributed by atoms with E-state index < -0.39 is 27.7 Å². The smallest absolute Gasteiger partial charge is 0.324 e. The number of benzene rings is 1. The molecule has 138 valence electrons. The van der Waals surface area contributed by atoms with E-state index >= 15 is 0 Å². The highest BCUT2D eigenvalue weighted by Crippen LogP contribution is 2.34. The SMILES string of the molecule is CNCCCC(=O)Nc1cc(C(F)(F)F)ccc1NS(C)(=O)=O.Cl. The maximum absolute atomic E-state index is 12.8. The zero-order valence-electron chi connectivity index (χ0n) is 13.0. The highest BCUT2D eigenvalue weighted by molar-refractivity contribution is 7.92. The van der Waals surface area contributed by atoms with Gasteiger partial charge in [0, 0.05) is 6.42 Å². The van der Waals surface area contributed by atoms with Gasteiger partial charge in [0.1, 0.15) is 0 Å². The Balaban J connectivity index is 0.00000529. The van der Waals surface area contributed by atoms with E-state index in [9.17, 15) is 26.4 Å². The predicted octanol–water partition coefficient (Wildman–Crippen LogP) is 2.44. The molecule has 0 aliphatic heterocycles. The molecule has 11 heteroatoms. The number of sulfonamides is 1. The van der Waals surface area contributed by atoms with E-state index in [1.807, 2.05) is 0 Å². The van der Waals surface area contributed by atoms with Crippen LogP contribution in [-0.2, 0) is 21.0 Å². The number of carbonyl (C=O) groups excluding carboxylic acids is 1. The van der Waals surface area contributed by atoms with Gasteiger partial charge in [0.05, 0.1) is 23.2 Å². The van der Waals surface area contributed by atoms with Crippen LogP contribution in [0, 0.1) is 0 Å². The highest BCUT2D eigenvalue weighted by atomic mass is 35.5. The summed E-state index contributed by atoms with van der Waals surface area (Å²) in [6.45, 7) is 0.574. The molecule has 1 amide bonds. The summed E-state index contributed by atoms with van der Waals surface area (Å²) in [5.74, 6) is -0.504. The van der Waals surface area contributed by atoms with Gasteiger partial charge in [0.15, 0.2) is 0 Å². The molecule has 1 aromatic carbocycles. The van der Waals surface area contributed by atoms with Crippen LogP contribution in [0.25, 0.3) is 0 Å². The molecule has 0 saturated carbocycles. The zero-order valence-corrected chi connectivity index (χ0v) is 14.7. The third-order valence-corrected chi connectivity index (χ3v) is 3.34. The van der Waals surface area contributed by atoms with Crippen LogP contribution in [0.15, 0.2) is 18.2 Å². The van der Waals surface area contributed by atoms with Crippen LogP contribution in [0.1, 0.15) is 18.4 Å². The van der Waals surface area contributed by atoms with Gasteiger partial charge in [-0.15, -0.1) is 12.4 Å². The first-order valence-corrected chi connectivity index (χ1v) is 8.55. The maximum atomic E-state index is 12.8. The van der Waals surface area contributed by atoms with Crippen molar-refractivity contribution in [1.29, 1.82) is 0 Å². The molecule has 0 aromatic heterocycles. The third kappa shape index (κ3) is 7.84. The largest absolute Gasteiger partial charge is 0.416 e. The van der Waals surface area contributed by atoms with E-state index in [1.165, 1.54) is 0 Å². The second-order valence-corrected chi connectivity index (χ2v) is 6.64. The lowest BCUT2D eigenvalue weighted by Gasteiger charge is -2.15. The van der Waals surface area contributed by atoms with Crippen molar-refractivity contribution < 1.29 is 26.4 Å². The Morgan fingerprint density at radius 2 is 1.83 bits per heavy atom. The van der Waals surface area contributed by atoms with E-state index in [0.717, 1.165) is 18.4 Å². The number of nitrogens with one attached hydrogen (secondary N) is 3. The van der Waals surface area contributed by atoms with E-state index in [4.69, 9.17) is 0 Å². The Bertz CT molecular complexity index is 666. The van der Waals surface area contributed by atoms with Crippen molar-refractivity contribution in [2.75, 3.05) is 29.9 Å². The van der Waals surface area contributed by atoms with Gasteiger partial charge in [0.25, 0.3) is 0 Å². The van der Waals surface area contributed by atoms with E-state index in [0.29, 0.717) is 19.0 Å². The first kappa shape index (κ1) is 22.5. The summed E-state index contributed by atoms with van der Waals surface area (Å²) in [7, 11) is -1.99. The normalized spacial score (nSPS) is 11.5. The maximum Gasteiger partial charge on any atom is 0.416 e. The van der Waals surface area contributed by atoms with E-state index in [1.54, 1.807) is 7.05 Å². The first-order chi connectivity index (χ1) is 10.5. The first-order valence-electron chi connectivity index (χ1n) is 6.66. The van der Waals surface area contributed by atoms with Gasteiger partial charge >= 0.3 is 6.18 Å². The van der Waals surface area contributed by atoms with Crippen molar-refractivity contribution in [2.24, 2.45) is 0 Å². The molecule has 0 unspecified atom stereocenters. The topological polar surface area (TPSA) is 87.3 Å². The second kappa shape index (κ2) is 9.09. The van der Waals surface area contributed by atoms with Crippen molar-refractivity contribution in [3.8, 4) is 0 Å². The summed E-state index contributed by atoms with van der Waals surface area (Å²) in [5, 5.41) is 5.15. The van der Waals surface area contributed by atoms with Crippen molar-refractivity contribution in [3.63, 3.8) is 0 Å². The molecule has 0 atom stereocenters. The molecule has 0 bridgehead atoms. The highest BCUT2D eigenvalue weighted by Gasteiger charge is 2.31. The fourth-order valence-electron chi connectivity index (χ4n) is 1.75. The van der Waals surface area contributed by atoms with Crippen molar-refractivity contribution >= 4 is 39.7 Å². The Hall–Kier alpha value is -1.52. The lowest BCUT2D eigenvalue weighted by atomic mass is 10.1. The predicted molar refractivity (Wildman–Crippen MR) is 88.9 cm³/mol. The molecule has 0 spiro atoms. The average molecular weight is 390 g/mol. The quantitative estimate of drug-likeness (QED) is 0.625. The minimum absolute atomic E-state index is 0. The molecule has 3 N–H and O–H groups in total. The molecule has 0 aliphatic rings. The summed E-state index contributed by atoms with van der Waals surface area (Å²) in [6.07, 6.45) is -3.15. The number of rotatable bonds is 7. The molecule has 0 radical (unpaired) electrons. The van der Waals surface area contributed by atoms with Crippen molar-refractivity contribution in [2.45, 2.75) is 19.0 Å². The second-order valence-electron chi connectivity index (χ2n) is 4.89. The van der Waals surface area contributed by atoms with Crippen molar-refractivity contribution in [1.82, 2.24) is 5.32 Å². The number of anilines is 2. The van der Waals surface area contributed by atoms with Crippen molar-refractivity contribution in [3.05, 3.63) is 23.8 Å². The zero-order chi connectivity index (χ0) is 17.7. The molecule has 24 heavy (non-hydrogen) atoms. The van der Waals surface area contributed by atoms with Crippen LogP contribution >= 0.6 is 12.4 Å². The van der Waals surface area contributed by atoms with Gasteiger partial charge in [-0.25, -0.2) is 8.42 Å². The Kier molecular flexibility index (Phi) is 8.52. The van der Waals surface area contributed by atoms with E-state index in [2.05, 4.69) is 15.4 Å².